The molecule has 1 aromatic rings. The summed E-state index contributed by atoms with van der Waals surface area (Å²) in [7, 11) is 1.90. The highest BCUT2D eigenvalue weighted by molar-refractivity contribution is 5.03. The molecule has 0 amide bonds. The summed E-state index contributed by atoms with van der Waals surface area (Å²) in [5.41, 5.74) is 1.23. The highest BCUT2D eigenvalue weighted by Crippen LogP contribution is 2.37. The summed E-state index contributed by atoms with van der Waals surface area (Å²) in [4.78, 5) is 0. The van der Waals surface area contributed by atoms with Crippen LogP contribution in [0.2, 0.25) is 0 Å². The quantitative estimate of drug-likeness (QED) is 0.823. The first-order valence-corrected chi connectivity index (χ1v) is 6.34. The molecule has 1 N–H and O–H groups in total. The first-order chi connectivity index (χ1) is 8.16. The maximum atomic E-state index is 5.75. The van der Waals surface area contributed by atoms with Gasteiger partial charge >= 0.3 is 0 Å². The van der Waals surface area contributed by atoms with Gasteiger partial charge < -0.3 is 10.1 Å². The molecule has 0 aromatic carbocycles. The summed E-state index contributed by atoms with van der Waals surface area (Å²) in [5.74, 6) is 0. The molecule has 1 aliphatic heterocycles. The molecule has 0 bridgehead atoms. The Morgan fingerprint density at radius 2 is 2.47 bits per heavy atom. The van der Waals surface area contributed by atoms with E-state index in [-0.39, 0.29) is 11.5 Å². The first kappa shape index (κ1) is 12.5. The van der Waals surface area contributed by atoms with Gasteiger partial charge in [0.15, 0.2) is 0 Å². The Balaban J connectivity index is 2.10. The van der Waals surface area contributed by atoms with Crippen LogP contribution >= 0.6 is 0 Å². The Kier molecular flexibility index (Phi) is 3.79. The Hall–Kier alpha value is -0.940. The van der Waals surface area contributed by atoms with Crippen molar-refractivity contribution in [3.63, 3.8) is 0 Å². The number of nitrogens with zero attached hydrogens (tertiary/aromatic N) is 3. The average molecular weight is 238 g/mol. The van der Waals surface area contributed by atoms with Crippen LogP contribution in [-0.4, -0.2) is 40.8 Å². The van der Waals surface area contributed by atoms with E-state index in [1.165, 1.54) is 0 Å². The van der Waals surface area contributed by atoms with Gasteiger partial charge in [0.1, 0.15) is 0 Å². The van der Waals surface area contributed by atoms with Crippen molar-refractivity contribution in [2.24, 2.45) is 12.5 Å². The second kappa shape index (κ2) is 5.14. The van der Waals surface area contributed by atoms with Crippen LogP contribution < -0.4 is 5.32 Å². The van der Waals surface area contributed by atoms with Crippen LogP contribution in [0.15, 0.2) is 6.20 Å². The minimum Gasteiger partial charge on any atom is -0.378 e. The summed E-state index contributed by atoms with van der Waals surface area (Å²) in [5, 5.41) is 11.7. The first-order valence-electron chi connectivity index (χ1n) is 6.34. The fraction of sp³-hybridized carbons (Fsp3) is 0.833. The van der Waals surface area contributed by atoms with Crippen LogP contribution in [0.25, 0.3) is 0 Å². The Labute approximate surface area is 103 Å². The second-order valence-corrected chi connectivity index (χ2v) is 4.97. The van der Waals surface area contributed by atoms with E-state index >= 15 is 0 Å². The zero-order valence-electron chi connectivity index (χ0n) is 10.9. The van der Waals surface area contributed by atoms with Gasteiger partial charge in [0, 0.05) is 38.2 Å². The molecular weight excluding hydrogens is 216 g/mol. The van der Waals surface area contributed by atoms with E-state index in [2.05, 4.69) is 29.5 Å². The smallest absolute Gasteiger partial charge is 0.0834 e. The zero-order chi connectivity index (χ0) is 12.3. The molecule has 5 heteroatoms. The molecule has 0 spiro atoms. The number of hydrogen-bond donors (Lipinski definition) is 1. The summed E-state index contributed by atoms with van der Waals surface area (Å²) < 4.78 is 7.51. The maximum Gasteiger partial charge on any atom is 0.0834 e. The van der Waals surface area contributed by atoms with E-state index in [1.807, 2.05) is 13.2 Å². The molecular formula is C12H22N4O. The van der Waals surface area contributed by atoms with Gasteiger partial charge in [-0.05, 0) is 19.9 Å². The normalized spacial score (nSPS) is 28.8. The predicted octanol–water partition coefficient (Wildman–Crippen LogP) is 0.762. The number of hydrogen-bond acceptors (Lipinski definition) is 4. The van der Waals surface area contributed by atoms with Crippen molar-refractivity contribution < 1.29 is 4.74 Å². The van der Waals surface area contributed by atoms with Crippen molar-refractivity contribution >= 4 is 0 Å². The van der Waals surface area contributed by atoms with Crippen molar-refractivity contribution in [3.8, 4) is 0 Å². The standard InChI is InChI=1S/C12H22N4O/c1-4-13-9-12(5-6-17-10(12)2)7-11-8-16(3)15-14-11/h8,10,13H,4-7,9H2,1-3H3. The lowest BCUT2D eigenvalue weighted by atomic mass is 9.77. The summed E-state index contributed by atoms with van der Waals surface area (Å²) >= 11 is 0. The number of aryl methyl sites for hydroxylation is 1. The lowest BCUT2D eigenvalue weighted by Gasteiger charge is -2.31. The zero-order valence-corrected chi connectivity index (χ0v) is 10.9. The fourth-order valence-corrected chi connectivity index (χ4v) is 2.56. The van der Waals surface area contributed by atoms with Crippen LogP contribution in [-0.2, 0) is 18.2 Å². The average Bonchev–Trinajstić information content (AvgIpc) is 2.85. The Morgan fingerprint density at radius 1 is 1.65 bits per heavy atom. The Morgan fingerprint density at radius 3 is 3.00 bits per heavy atom. The minimum absolute atomic E-state index is 0.173. The summed E-state index contributed by atoms with van der Waals surface area (Å²) in [6.07, 6.45) is 4.31. The molecule has 1 saturated heterocycles. The van der Waals surface area contributed by atoms with Gasteiger partial charge in [-0.15, -0.1) is 5.10 Å². The summed E-state index contributed by atoms with van der Waals surface area (Å²) in [6, 6.07) is 0. The van der Waals surface area contributed by atoms with Crippen LogP contribution in [0, 0.1) is 5.41 Å². The fourth-order valence-electron chi connectivity index (χ4n) is 2.56. The molecule has 1 fully saturated rings. The van der Waals surface area contributed by atoms with Crippen molar-refractivity contribution in [2.45, 2.75) is 32.8 Å². The molecule has 0 saturated carbocycles. The van der Waals surface area contributed by atoms with Gasteiger partial charge in [-0.3, -0.25) is 4.68 Å². The monoisotopic (exact) mass is 238 g/mol. The van der Waals surface area contributed by atoms with Crippen molar-refractivity contribution in [1.29, 1.82) is 0 Å². The van der Waals surface area contributed by atoms with E-state index in [9.17, 15) is 0 Å². The highest BCUT2D eigenvalue weighted by atomic mass is 16.5. The molecule has 0 aliphatic carbocycles. The number of nitrogens with one attached hydrogen (secondary N) is 1. The SMILES string of the molecule is CCNCC1(Cc2cn(C)nn2)CCOC1C. The van der Waals surface area contributed by atoms with Crippen LogP contribution in [0.5, 0.6) is 0 Å². The molecule has 2 atom stereocenters. The molecule has 1 aromatic heterocycles. The highest BCUT2D eigenvalue weighted by Gasteiger charge is 2.41. The van der Waals surface area contributed by atoms with Gasteiger partial charge in [-0.25, -0.2) is 0 Å². The van der Waals surface area contributed by atoms with E-state index in [4.69, 9.17) is 4.74 Å². The molecule has 2 unspecified atom stereocenters. The van der Waals surface area contributed by atoms with E-state index in [0.717, 1.165) is 38.2 Å². The van der Waals surface area contributed by atoms with Gasteiger partial charge in [0.2, 0.25) is 0 Å². The predicted molar refractivity (Wildman–Crippen MR) is 65.7 cm³/mol. The van der Waals surface area contributed by atoms with E-state index in [1.54, 1.807) is 4.68 Å². The third kappa shape index (κ3) is 2.66. The van der Waals surface area contributed by atoms with Crippen molar-refractivity contribution in [3.05, 3.63) is 11.9 Å². The Bertz CT molecular complexity index is 365. The van der Waals surface area contributed by atoms with Crippen LogP contribution in [0.4, 0.5) is 0 Å². The second-order valence-electron chi connectivity index (χ2n) is 4.97. The topological polar surface area (TPSA) is 52.0 Å². The van der Waals surface area contributed by atoms with E-state index in [0.29, 0.717) is 0 Å². The molecule has 5 nitrogen and oxygen atoms in total. The molecule has 96 valence electrons. The molecule has 17 heavy (non-hydrogen) atoms. The lowest BCUT2D eigenvalue weighted by molar-refractivity contribution is 0.0628. The van der Waals surface area contributed by atoms with Crippen molar-refractivity contribution in [2.75, 3.05) is 19.7 Å². The maximum absolute atomic E-state index is 5.75. The third-order valence-electron chi connectivity index (χ3n) is 3.74. The lowest BCUT2D eigenvalue weighted by Crippen LogP contribution is -2.41. The number of ether oxygens (including phenoxy) is 1. The van der Waals surface area contributed by atoms with Gasteiger partial charge in [0.25, 0.3) is 0 Å². The third-order valence-corrected chi connectivity index (χ3v) is 3.74. The molecule has 0 radical (unpaired) electrons. The van der Waals surface area contributed by atoms with Crippen LogP contribution in [0.3, 0.4) is 0 Å². The molecule has 1 aliphatic rings. The van der Waals surface area contributed by atoms with Crippen LogP contribution in [0.1, 0.15) is 26.0 Å². The van der Waals surface area contributed by atoms with Gasteiger partial charge in [-0.2, -0.15) is 0 Å². The summed E-state index contributed by atoms with van der Waals surface area (Å²) in [6.45, 7) is 7.14. The van der Waals surface area contributed by atoms with Gasteiger partial charge in [0.05, 0.1) is 11.8 Å². The minimum atomic E-state index is 0.173. The number of aromatic nitrogens is 3. The van der Waals surface area contributed by atoms with E-state index < -0.39 is 0 Å². The largest absolute Gasteiger partial charge is 0.378 e. The van der Waals surface area contributed by atoms with Gasteiger partial charge in [-0.1, -0.05) is 12.1 Å². The number of rotatable bonds is 5. The molecule has 2 rings (SSSR count). The van der Waals surface area contributed by atoms with Crippen molar-refractivity contribution in [1.82, 2.24) is 20.3 Å². The molecule has 2 heterocycles.